The highest BCUT2D eigenvalue weighted by atomic mass is 16.5. The molecule has 0 spiro atoms. The fourth-order valence-corrected chi connectivity index (χ4v) is 2.06. The van der Waals surface area contributed by atoms with Gasteiger partial charge >= 0.3 is 0 Å². The Bertz CT molecular complexity index is 321. The smallest absolute Gasteiger partial charge is 0.213 e. The lowest BCUT2D eigenvalue weighted by molar-refractivity contribution is 0.260. The van der Waals surface area contributed by atoms with E-state index in [9.17, 15) is 0 Å². The number of hydrogen-bond acceptors (Lipinski definition) is 3. The molecule has 0 radical (unpaired) electrons. The Hall–Kier alpha value is -1.09. The molecule has 1 N–H and O–H groups in total. The number of piperidine rings is 1. The largest absolute Gasteiger partial charge is 0.478 e. The van der Waals surface area contributed by atoms with Gasteiger partial charge in [0.05, 0.1) is 6.61 Å². The minimum atomic E-state index is 0.638. The molecule has 1 aliphatic heterocycles. The van der Waals surface area contributed by atoms with Gasteiger partial charge in [-0.15, -0.1) is 0 Å². The molecule has 0 aromatic carbocycles. The van der Waals surface area contributed by atoms with Crippen LogP contribution in [0.15, 0.2) is 18.3 Å². The highest BCUT2D eigenvalue weighted by molar-refractivity contribution is 5.18. The number of pyridine rings is 1. The average molecular weight is 220 g/mol. The maximum absolute atomic E-state index is 5.64. The molecular weight excluding hydrogens is 200 g/mol. The van der Waals surface area contributed by atoms with Crippen LogP contribution in [0.3, 0.4) is 0 Å². The van der Waals surface area contributed by atoms with Gasteiger partial charge in [0.1, 0.15) is 0 Å². The van der Waals surface area contributed by atoms with E-state index in [0.29, 0.717) is 6.04 Å². The number of aryl methyl sites for hydroxylation is 1. The summed E-state index contributed by atoms with van der Waals surface area (Å²) in [6.07, 6.45) is 6.82. The first-order chi connectivity index (χ1) is 7.84. The van der Waals surface area contributed by atoms with Crippen LogP contribution in [0.1, 0.15) is 31.2 Å². The quantitative estimate of drug-likeness (QED) is 0.845. The van der Waals surface area contributed by atoms with Crippen molar-refractivity contribution in [3.05, 3.63) is 23.9 Å². The topological polar surface area (TPSA) is 34.1 Å². The molecule has 2 rings (SSSR count). The molecule has 16 heavy (non-hydrogen) atoms. The molecule has 88 valence electrons. The van der Waals surface area contributed by atoms with Crippen molar-refractivity contribution in [2.45, 2.75) is 38.6 Å². The van der Waals surface area contributed by atoms with Crippen LogP contribution in [0.2, 0.25) is 0 Å². The van der Waals surface area contributed by atoms with Gasteiger partial charge in [0, 0.05) is 18.3 Å². The average Bonchev–Trinajstić information content (AvgIpc) is 2.30. The van der Waals surface area contributed by atoms with Crippen molar-refractivity contribution in [3.63, 3.8) is 0 Å². The fraction of sp³-hybridized carbons (Fsp3) is 0.615. The Morgan fingerprint density at radius 2 is 2.44 bits per heavy atom. The number of aromatic nitrogens is 1. The number of nitrogens with zero attached hydrogens (tertiary/aromatic N) is 1. The monoisotopic (exact) mass is 220 g/mol. The van der Waals surface area contributed by atoms with Crippen LogP contribution in [0, 0.1) is 6.92 Å². The van der Waals surface area contributed by atoms with Gasteiger partial charge in [0.2, 0.25) is 5.88 Å². The van der Waals surface area contributed by atoms with Gasteiger partial charge < -0.3 is 10.1 Å². The number of hydrogen-bond donors (Lipinski definition) is 1. The first kappa shape index (κ1) is 11.4. The molecule has 3 heteroatoms. The van der Waals surface area contributed by atoms with Crippen LogP contribution < -0.4 is 10.1 Å². The van der Waals surface area contributed by atoms with Crippen molar-refractivity contribution in [2.75, 3.05) is 13.2 Å². The number of nitrogens with one attached hydrogen (secondary N) is 1. The standard InChI is InChI=1S/C13H20N2O/c1-11-5-8-15-13(10-11)16-9-6-12-4-2-3-7-14-12/h5,8,10,12,14H,2-4,6-7,9H2,1H3/t12-/m0/s1. The Morgan fingerprint density at radius 1 is 1.50 bits per heavy atom. The van der Waals surface area contributed by atoms with Crippen LogP contribution in [0.4, 0.5) is 0 Å². The Morgan fingerprint density at radius 3 is 3.19 bits per heavy atom. The van der Waals surface area contributed by atoms with Gasteiger partial charge in [-0.25, -0.2) is 4.98 Å². The third kappa shape index (κ3) is 3.49. The molecule has 0 aliphatic carbocycles. The van der Waals surface area contributed by atoms with Gasteiger partial charge in [-0.1, -0.05) is 6.42 Å². The summed E-state index contributed by atoms with van der Waals surface area (Å²) in [5.41, 5.74) is 1.20. The van der Waals surface area contributed by atoms with Gasteiger partial charge in [0.15, 0.2) is 0 Å². The van der Waals surface area contributed by atoms with Crippen molar-refractivity contribution in [1.82, 2.24) is 10.3 Å². The number of ether oxygens (including phenoxy) is 1. The van der Waals surface area contributed by atoms with E-state index in [4.69, 9.17) is 4.74 Å². The van der Waals surface area contributed by atoms with E-state index in [-0.39, 0.29) is 0 Å². The summed E-state index contributed by atoms with van der Waals surface area (Å²) >= 11 is 0. The molecule has 0 bridgehead atoms. The van der Waals surface area contributed by atoms with Gasteiger partial charge in [-0.2, -0.15) is 0 Å². The fourth-order valence-electron chi connectivity index (χ4n) is 2.06. The van der Waals surface area contributed by atoms with Crippen LogP contribution in [0.25, 0.3) is 0 Å². The van der Waals surface area contributed by atoms with Crippen molar-refractivity contribution in [1.29, 1.82) is 0 Å². The molecule has 3 nitrogen and oxygen atoms in total. The van der Waals surface area contributed by atoms with E-state index >= 15 is 0 Å². The first-order valence-electron chi connectivity index (χ1n) is 6.13. The number of rotatable bonds is 4. The zero-order chi connectivity index (χ0) is 11.2. The third-order valence-corrected chi connectivity index (χ3v) is 3.02. The Kier molecular flexibility index (Phi) is 4.17. The SMILES string of the molecule is Cc1ccnc(OCC[C@@H]2CCCCN2)c1. The van der Waals surface area contributed by atoms with Crippen molar-refractivity contribution >= 4 is 0 Å². The second kappa shape index (κ2) is 5.85. The Balaban J connectivity index is 1.71. The summed E-state index contributed by atoms with van der Waals surface area (Å²) in [7, 11) is 0. The summed E-state index contributed by atoms with van der Waals surface area (Å²) in [4.78, 5) is 4.18. The lowest BCUT2D eigenvalue weighted by atomic mass is 10.0. The molecule has 1 aromatic heterocycles. The van der Waals surface area contributed by atoms with Crippen molar-refractivity contribution in [2.24, 2.45) is 0 Å². The maximum atomic E-state index is 5.64. The summed E-state index contributed by atoms with van der Waals surface area (Å²) in [6, 6.07) is 4.60. The second-order valence-corrected chi connectivity index (χ2v) is 4.46. The lowest BCUT2D eigenvalue weighted by Crippen LogP contribution is -2.35. The van der Waals surface area contributed by atoms with E-state index in [2.05, 4.69) is 17.2 Å². The maximum Gasteiger partial charge on any atom is 0.213 e. The predicted octanol–water partition coefficient (Wildman–Crippen LogP) is 2.30. The lowest BCUT2D eigenvalue weighted by Gasteiger charge is -2.23. The summed E-state index contributed by atoms with van der Waals surface area (Å²) in [5, 5.41) is 3.52. The second-order valence-electron chi connectivity index (χ2n) is 4.46. The van der Waals surface area contributed by atoms with Crippen LogP contribution in [-0.4, -0.2) is 24.2 Å². The van der Waals surface area contributed by atoms with Gasteiger partial charge in [-0.3, -0.25) is 0 Å². The highest BCUT2D eigenvalue weighted by Gasteiger charge is 2.12. The molecule has 1 fully saturated rings. The zero-order valence-electron chi connectivity index (χ0n) is 9.91. The Labute approximate surface area is 97.2 Å². The van der Waals surface area contributed by atoms with E-state index < -0.39 is 0 Å². The highest BCUT2D eigenvalue weighted by Crippen LogP contribution is 2.12. The van der Waals surface area contributed by atoms with Gasteiger partial charge in [-0.05, 0) is 44.4 Å². The van der Waals surface area contributed by atoms with E-state index in [1.807, 2.05) is 12.1 Å². The molecular formula is C13H20N2O. The third-order valence-electron chi connectivity index (χ3n) is 3.02. The summed E-state index contributed by atoms with van der Waals surface area (Å²) in [5.74, 6) is 0.746. The van der Waals surface area contributed by atoms with Gasteiger partial charge in [0.25, 0.3) is 0 Å². The molecule has 2 heterocycles. The molecule has 0 unspecified atom stereocenters. The van der Waals surface area contributed by atoms with Crippen LogP contribution in [0.5, 0.6) is 5.88 Å². The molecule has 1 atom stereocenters. The minimum absolute atomic E-state index is 0.638. The van der Waals surface area contributed by atoms with Crippen molar-refractivity contribution in [3.8, 4) is 5.88 Å². The first-order valence-corrected chi connectivity index (χ1v) is 6.13. The molecule has 0 amide bonds. The normalized spacial score (nSPS) is 20.7. The van der Waals surface area contributed by atoms with Crippen LogP contribution in [-0.2, 0) is 0 Å². The summed E-state index contributed by atoms with van der Waals surface area (Å²) in [6.45, 7) is 3.97. The zero-order valence-corrected chi connectivity index (χ0v) is 9.91. The van der Waals surface area contributed by atoms with E-state index in [0.717, 1.165) is 25.5 Å². The molecule has 1 saturated heterocycles. The summed E-state index contributed by atoms with van der Waals surface area (Å²) < 4.78 is 5.64. The predicted molar refractivity (Wildman–Crippen MR) is 64.7 cm³/mol. The minimum Gasteiger partial charge on any atom is -0.478 e. The van der Waals surface area contributed by atoms with Crippen LogP contribution >= 0.6 is 0 Å². The molecule has 0 saturated carbocycles. The van der Waals surface area contributed by atoms with E-state index in [1.54, 1.807) is 6.20 Å². The molecule has 1 aromatic rings. The molecule has 1 aliphatic rings. The van der Waals surface area contributed by atoms with E-state index in [1.165, 1.54) is 24.8 Å². The van der Waals surface area contributed by atoms with Crippen molar-refractivity contribution < 1.29 is 4.74 Å².